The zero-order chi connectivity index (χ0) is 23.3. The number of hydrogen-bond acceptors (Lipinski definition) is 4. The Morgan fingerprint density at radius 1 is 0.788 bits per heavy atom. The number of benzene rings is 3. The first-order valence-electron chi connectivity index (χ1n) is 11.0. The maximum atomic E-state index is 13.7. The minimum atomic E-state index is -0.867. The summed E-state index contributed by atoms with van der Waals surface area (Å²) >= 11 is 3.41. The van der Waals surface area contributed by atoms with Gasteiger partial charge in [0.2, 0.25) is 5.91 Å². The van der Waals surface area contributed by atoms with Crippen molar-refractivity contribution < 1.29 is 14.4 Å². The van der Waals surface area contributed by atoms with Gasteiger partial charge < -0.3 is 0 Å². The van der Waals surface area contributed by atoms with E-state index in [2.05, 4.69) is 48.8 Å². The molecule has 168 valence electrons. The second kappa shape index (κ2) is 8.12. The van der Waals surface area contributed by atoms with Crippen LogP contribution in [0.3, 0.4) is 0 Å². The van der Waals surface area contributed by atoms with Crippen LogP contribution in [0.15, 0.2) is 83.3 Å². The molecule has 2 aliphatic rings. The number of imide groups is 1. The van der Waals surface area contributed by atoms with Crippen LogP contribution in [-0.4, -0.2) is 17.9 Å². The normalized spacial score (nSPS) is 22.7. The van der Waals surface area contributed by atoms with Crippen molar-refractivity contribution in [2.24, 2.45) is 5.92 Å². The van der Waals surface area contributed by atoms with E-state index in [1.54, 1.807) is 17.2 Å². The van der Waals surface area contributed by atoms with E-state index in [0.717, 1.165) is 15.7 Å². The van der Waals surface area contributed by atoms with Crippen molar-refractivity contribution in [2.75, 3.05) is 9.96 Å². The third kappa shape index (κ3) is 3.77. The summed E-state index contributed by atoms with van der Waals surface area (Å²) in [6, 6.07) is 24.7. The topological polar surface area (TPSA) is 49.9 Å². The maximum Gasteiger partial charge on any atom is 0.266 e. The van der Waals surface area contributed by atoms with Crippen LogP contribution in [0.25, 0.3) is 0 Å². The summed E-state index contributed by atoms with van der Waals surface area (Å²) in [5, 5.41) is 1.73. The monoisotopic (exact) mass is 504 g/mol. The summed E-state index contributed by atoms with van der Waals surface area (Å²) in [7, 11) is 0. The van der Waals surface area contributed by atoms with Gasteiger partial charge in [0.15, 0.2) is 6.10 Å². The lowest BCUT2D eigenvalue weighted by atomic mass is 9.84. The van der Waals surface area contributed by atoms with Crippen molar-refractivity contribution in [3.8, 4) is 0 Å². The molecule has 6 heteroatoms. The molecule has 0 unspecified atom stereocenters. The Morgan fingerprint density at radius 2 is 1.42 bits per heavy atom. The number of para-hydroxylation sites is 1. The molecule has 0 aromatic heterocycles. The Kier molecular flexibility index (Phi) is 5.38. The van der Waals surface area contributed by atoms with Crippen molar-refractivity contribution in [3.05, 3.63) is 94.5 Å². The van der Waals surface area contributed by atoms with E-state index in [1.165, 1.54) is 10.5 Å². The summed E-state index contributed by atoms with van der Waals surface area (Å²) in [6.07, 6.45) is -0.867. The fraction of sp³-hybridized carbons (Fsp3) is 0.259. The number of fused-ring (bicyclic) bond motifs is 1. The molecular formula is C27H25BrN2O3. The molecule has 0 bridgehead atoms. The average molecular weight is 505 g/mol. The second-order valence-electron chi connectivity index (χ2n) is 9.52. The van der Waals surface area contributed by atoms with Gasteiger partial charge >= 0.3 is 0 Å². The van der Waals surface area contributed by atoms with E-state index in [1.807, 2.05) is 54.6 Å². The highest BCUT2D eigenvalue weighted by molar-refractivity contribution is 9.10. The Labute approximate surface area is 202 Å². The lowest BCUT2D eigenvalue weighted by Gasteiger charge is -2.29. The minimum Gasteiger partial charge on any atom is -0.273 e. The average Bonchev–Trinajstić information content (AvgIpc) is 3.31. The van der Waals surface area contributed by atoms with Gasteiger partial charge in [0.05, 0.1) is 17.4 Å². The summed E-state index contributed by atoms with van der Waals surface area (Å²) in [5.41, 5.74) is 3.53. The summed E-state index contributed by atoms with van der Waals surface area (Å²) in [5.74, 6) is -1.21. The largest absolute Gasteiger partial charge is 0.273 e. The van der Waals surface area contributed by atoms with Crippen LogP contribution in [0.1, 0.15) is 37.9 Å². The first kappa shape index (κ1) is 21.9. The van der Waals surface area contributed by atoms with Gasteiger partial charge in [-0.1, -0.05) is 79.2 Å². The smallest absolute Gasteiger partial charge is 0.266 e. The van der Waals surface area contributed by atoms with Gasteiger partial charge in [-0.05, 0) is 52.9 Å². The van der Waals surface area contributed by atoms with Crippen LogP contribution in [0.5, 0.6) is 0 Å². The predicted octanol–water partition coefficient (Wildman–Crippen LogP) is 5.80. The molecular weight excluding hydrogens is 480 g/mol. The van der Waals surface area contributed by atoms with Crippen molar-refractivity contribution >= 4 is 39.1 Å². The van der Waals surface area contributed by atoms with Crippen LogP contribution in [0.4, 0.5) is 11.4 Å². The molecule has 3 atom stereocenters. The van der Waals surface area contributed by atoms with E-state index in [9.17, 15) is 9.59 Å². The zero-order valence-electron chi connectivity index (χ0n) is 18.7. The first-order chi connectivity index (χ1) is 15.8. The zero-order valence-corrected chi connectivity index (χ0v) is 20.3. The Morgan fingerprint density at radius 3 is 2.03 bits per heavy atom. The molecule has 0 radical (unpaired) electrons. The van der Waals surface area contributed by atoms with Crippen LogP contribution in [0, 0.1) is 5.92 Å². The molecule has 33 heavy (non-hydrogen) atoms. The van der Waals surface area contributed by atoms with Crippen LogP contribution in [-0.2, 0) is 19.8 Å². The lowest BCUT2D eigenvalue weighted by Crippen LogP contribution is -2.37. The SMILES string of the molecule is CC(C)(C)c1ccc([C@H]2[C@H]3C(=O)N(c4ccc(Br)cc4)C(=O)[C@@H]3ON2c2ccccc2)cc1. The van der Waals surface area contributed by atoms with Crippen LogP contribution < -0.4 is 9.96 Å². The fourth-order valence-electron chi connectivity index (χ4n) is 4.58. The Bertz CT molecular complexity index is 1190. The number of amides is 2. The van der Waals surface area contributed by atoms with Gasteiger partial charge in [0.1, 0.15) is 5.92 Å². The van der Waals surface area contributed by atoms with Crippen molar-refractivity contribution in [1.29, 1.82) is 0 Å². The molecule has 3 aromatic carbocycles. The van der Waals surface area contributed by atoms with E-state index >= 15 is 0 Å². The Hall–Kier alpha value is -2.96. The predicted molar refractivity (Wildman–Crippen MR) is 132 cm³/mol. The van der Waals surface area contributed by atoms with Gasteiger partial charge in [-0.15, -0.1) is 0 Å². The summed E-state index contributed by atoms with van der Waals surface area (Å²) in [6.45, 7) is 6.51. The molecule has 2 heterocycles. The molecule has 2 saturated heterocycles. The molecule has 0 aliphatic carbocycles. The number of rotatable bonds is 3. The molecule has 2 aliphatic heterocycles. The lowest BCUT2D eigenvalue weighted by molar-refractivity contribution is -0.126. The number of carbonyl (C=O) groups is 2. The number of nitrogens with zero attached hydrogens (tertiary/aromatic N) is 2. The van der Waals surface area contributed by atoms with Crippen molar-refractivity contribution in [1.82, 2.24) is 0 Å². The fourth-order valence-corrected chi connectivity index (χ4v) is 4.84. The van der Waals surface area contributed by atoms with E-state index in [-0.39, 0.29) is 17.2 Å². The molecule has 0 spiro atoms. The number of carbonyl (C=O) groups excluding carboxylic acids is 2. The van der Waals surface area contributed by atoms with Crippen LogP contribution in [0.2, 0.25) is 0 Å². The Balaban J connectivity index is 1.57. The van der Waals surface area contributed by atoms with E-state index in [4.69, 9.17) is 4.84 Å². The maximum absolute atomic E-state index is 13.7. The highest BCUT2D eigenvalue weighted by Gasteiger charge is 2.60. The number of anilines is 2. The van der Waals surface area contributed by atoms with Gasteiger partial charge in [-0.2, -0.15) is 0 Å². The number of hydroxylamine groups is 1. The molecule has 2 fully saturated rings. The third-order valence-electron chi connectivity index (χ3n) is 6.33. The van der Waals surface area contributed by atoms with E-state index in [0.29, 0.717) is 5.69 Å². The molecule has 0 N–H and O–H groups in total. The molecule has 5 nitrogen and oxygen atoms in total. The molecule has 0 saturated carbocycles. The molecule has 3 aromatic rings. The quantitative estimate of drug-likeness (QED) is 0.423. The van der Waals surface area contributed by atoms with Gasteiger partial charge in [0, 0.05) is 4.47 Å². The third-order valence-corrected chi connectivity index (χ3v) is 6.86. The van der Waals surface area contributed by atoms with Gasteiger partial charge in [-0.3, -0.25) is 14.4 Å². The summed E-state index contributed by atoms with van der Waals surface area (Å²) < 4.78 is 0.883. The highest BCUT2D eigenvalue weighted by atomic mass is 79.9. The second-order valence-corrected chi connectivity index (χ2v) is 10.4. The van der Waals surface area contributed by atoms with E-state index < -0.39 is 18.1 Å². The number of halogens is 1. The summed E-state index contributed by atoms with van der Waals surface area (Å²) in [4.78, 5) is 34.5. The number of hydrogen-bond donors (Lipinski definition) is 0. The van der Waals surface area contributed by atoms with Crippen molar-refractivity contribution in [2.45, 2.75) is 38.3 Å². The van der Waals surface area contributed by atoms with Crippen LogP contribution >= 0.6 is 15.9 Å². The highest BCUT2D eigenvalue weighted by Crippen LogP contribution is 2.47. The van der Waals surface area contributed by atoms with Crippen molar-refractivity contribution in [3.63, 3.8) is 0 Å². The van der Waals surface area contributed by atoms with Gasteiger partial charge in [0.25, 0.3) is 5.91 Å². The minimum absolute atomic E-state index is 0.0177. The first-order valence-corrected chi connectivity index (χ1v) is 11.8. The molecule has 2 amide bonds. The standard InChI is InChI=1S/C27H25BrN2O3/c1-27(2,3)18-11-9-17(10-12-18)23-22-24(33-30(23)21-7-5-4-6-8-21)26(32)29(25(22)31)20-15-13-19(28)14-16-20/h4-16,22-24H,1-3H3/t22-,23+,24-/m1/s1. The van der Waals surface area contributed by atoms with Gasteiger partial charge in [-0.25, -0.2) is 9.96 Å². The molecule has 5 rings (SSSR count).